The molecule has 1 heterocycles. The summed E-state index contributed by atoms with van der Waals surface area (Å²) in [4.78, 5) is 4.09. The van der Waals surface area contributed by atoms with Gasteiger partial charge >= 0.3 is 0 Å². The molecule has 0 radical (unpaired) electrons. The Bertz CT molecular complexity index is 496. The zero-order chi connectivity index (χ0) is 13.0. The fraction of sp³-hybridized carbons (Fsp3) is 0.214. The molecule has 0 unspecified atom stereocenters. The Kier molecular flexibility index (Phi) is 3.89. The van der Waals surface area contributed by atoms with Gasteiger partial charge in [-0.2, -0.15) is 0 Å². The van der Waals surface area contributed by atoms with E-state index in [1.54, 1.807) is 24.3 Å². The highest BCUT2D eigenvalue weighted by molar-refractivity contribution is 5.20. The van der Waals surface area contributed by atoms with Crippen molar-refractivity contribution in [3.05, 3.63) is 59.7 Å². The smallest absolute Gasteiger partial charge is 0.133 e. The fourth-order valence-corrected chi connectivity index (χ4v) is 1.65. The summed E-state index contributed by atoms with van der Waals surface area (Å²) >= 11 is 0. The van der Waals surface area contributed by atoms with E-state index in [1.165, 1.54) is 18.3 Å². The van der Waals surface area contributed by atoms with Gasteiger partial charge in [0.15, 0.2) is 0 Å². The standard InChI is InChI=1S/C14H15FN2O/c1-10(11-2-4-12(15)5-3-11)16-8-13-6-7-14(18)9-17-13/h2-7,9-10,16,18H,8H2,1H3/t10-/m1/s1. The van der Waals surface area contributed by atoms with Crippen LogP contribution in [0.4, 0.5) is 4.39 Å². The molecular weight excluding hydrogens is 231 g/mol. The number of hydrogen-bond acceptors (Lipinski definition) is 3. The monoisotopic (exact) mass is 246 g/mol. The Labute approximate surface area is 105 Å². The van der Waals surface area contributed by atoms with E-state index in [0.717, 1.165) is 11.3 Å². The predicted molar refractivity (Wildman–Crippen MR) is 67.6 cm³/mol. The van der Waals surface area contributed by atoms with Crippen LogP contribution in [0.1, 0.15) is 24.2 Å². The number of pyridine rings is 1. The lowest BCUT2D eigenvalue weighted by atomic mass is 10.1. The van der Waals surface area contributed by atoms with Crippen molar-refractivity contribution in [3.8, 4) is 5.75 Å². The van der Waals surface area contributed by atoms with Crippen LogP contribution in [0.3, 0.4) is 0 Å². The molecule has 1 aromatic carbocycles. The number of rotatable bonds is 4. The van der Waals surface area contributed by atoms with Gasteiger partial charge in [-0.3, -0.25) is 4.98 Å². The highest BCUT2D eigenvalue weighted by atomic mass is 19.1. The summed E-state index contributed by atoms with van der Waals surface area (Å²) in [7, 11) is 0. The normalized spacial score (nSPS) is 12.3. The lowest BCUT2D eigenvalue weighted by Crippen LogP contribution is -2.18. The zero-order valence-corrected chi connectivity index (χ0v) is 10.1. The molecule has 0 amide bonds. The summed E-state index contributed by atoms with van der Waals surface area (Å²) in [6, 6.07) is 9.90. The summed E-state index contributed by atoms with van der Waals surface area (Å²) < 4.78 is 12.8. The summed E-state index contributed by atoms with van der Waals surface area (Å²) in [5.41, 5.74) is 1.87. The van der Waals surface area contributed by atoms with Crippen LogP contribution in [0.15, 0.2) is 42.6 Å². The lowest BCUT2D eigenvalue weighted by Gasteiger charge is -2.13. The van der Waals surface area contributed by atoms with E-state index in [0.29, 0.717) is 6.54 Å². The highest BCUT2D eigenvalue weighted by Gasteiger charge is 2.05. The van der Waals surface area contributed by atoms with Crippen LogP contribution in [0, 0.1) is 5.82 Å². The first-order valence-electron chi connectivity index (χ1n) is 5.78. The predicted octanol–water partition coefficient (Wildman–Crippen LogP) is 2.78. The van der Waals surface area contributed by atoms with E-state index >= 15 is 0 Å². The molecule has 4 heteroatoms. The second kappa shape index (κ2) is 5.60. The van der Waals surface area contributed by atoms with Gasteiger partial charge in [-0.15, -0.1) is 0 Å². The van der Waals surface area contributed by atoms with Crippen molar-refractivity contribution < 1.29 is 9.50 Å². The molecule has 2 rings (SSSR count). The van der Waals surface area contributed by atoms with E-state index in [-0.39, 0.29) is 17.6 Å². The van der Waals surface area contributed by atoms with Crippen LogP contribution in [0.25, 0.3) is 0 Å². The van der Waals surface area contributed by atoms with Gasteiger partial charge in [0.05, 0.1) is 11.9 Å². The molecule has 0 saturated heterocycles. The average Bonchev–Trinajstić information content (AvgIpc) is 2.38. The molecular formula is C14H15FN2O. The molecule has 0 aliphatic heterocycles. The Hall–Kier alpha value is -1.94. The minimum Gasteiger partial charge on any atom is -0.506 e. The Morgan fingerprint density at radius 1 is 1.22 bits per heavy atom. The van der Waals surface area contributed by atoms with E-state index in [2.05, 4.69) is 10.3 Å². The van der Waals surface area contributed by atoms with Gasteiger partial charge in [0.2, 0.25) is 0 Å². The van der Waals surface area contributed by atoms with Gasteiger partial charge in [0.1, 0.15) is 11.6 Å². The zero-order valence-electron chi connectivity index (χ0n) is 10.1. The minimum absolute atomic E-state index is 0.112. The van der Waals surface area contributed by atoms with Crippen LogP contribution in [0.5, 0.6) is 5.75 Å². The molecule has 2 aromatic rings. The maximum absolute atomic E-state index is 12.8. The Morgan fingerprint density at radius 2 is 1.94 bits per heavy atom. The lowest BCUT2D eigenvalue weighted by molar-refractivity contribution is 0.471. The second-order valence-corrected chi connectivity index (χ2v) is 4.16. The molecule has 0 aliphatic rings. The molecule has 1 atom stereocenters. The molecule has 0 fully saturated rings. The summed E-state index contributed by atoms with van der Waals surface area (Å²) in [6.07, 6.45) is 1.42. The van der Waals surface area contributed by atoms with Crippen LogP contribution in [0.2, 0.25) is 0 Å². The molecule has 0 bridgehead atoms. The van der Waals surface area contributed by atoms with Crippen molar-refractivity contribution in [2.45, 2.75) is 19.5 Å². The third-order valence-electron chi connectivity index (χ3n) is 2.77. The molecule has 94 valence electrons. The fourth-order valence-electron chi connectivity index (χ4n) is 1.65. The van der Waals surface area contributed by atoms with Gasteiger partial charge < -0.3 is 10.4 Å². The van der Waals surface area contributed by atoms with Crippen LogP contribution < -0.4 is 5.32 Å². The molecule has 3 nitrogen and oxygen atoms in total. The highest BCUT2D eigenvalue weighted by Crippen LogP contribution is 2.13. The van der Waals surface area contributed by atoms with Crippen LogP contribution in [-0.2, 0) is 6.54 Å². The first-order valence-corrected chi connectivity index (χ1v) is 5.78. The van der Waals surface area contributed by atoms with Gasteiger partial charge in [-0.25, -0.2) is 4.39 Å². The van der Waals surface area contributed by atoms with E-state index in [4.69, 9.17) is 5.11 Å². The Balaban J connectivity index is 1.93. The number of halogens is 1. The first-order chi connectivity index (χ1) is 8.65. The maximum Gasteiger partial charge on any atom is 0.133 e. The van der Waals surface area contributed by atoms with Crippen molar-refractivity contribution in [2.24, 2.45) is 0 Å². The number of nitrogens with zero attached hydrogens (tertiary/aromatic N) is 1. The largest absolute Gasteiger partial charge is 0.506 e. The second-order valence-electron chi connectivity index (χ2n) is 4.16. The molecule has 1 aromatic heterocycles. The van der Waals surface area contributed by atoms with Gasteiger partial charge in [0, 0.05) is 12.6 Å². The van der Waals surface area contributed by atoms with Gasteiger partial charge in [0.25, 0.3) is 0 Å². The third-order valence-corrected chi connectivity index (χ3v) is 2.77. The van der Waals surface area contributed by atoms with Gasteiger partial charge in [-0.1, -0.05) is 12.1 Å². The van der Waals surface area contributed by atoms with E-state index < -0.39 is 0 Å². The average molecular weight is 246 g/mol. The molecule has 2 N–H and O–H groups in total. The molecule has 0 spiro atoms. The number of aromatic nitrogens is 1. The topological polar surface area (TPSA) is 45.1 Å². The minimum atomic E-state index is -0.230. The molecule has 18 heavy (non-hydrogen) atoms. The SMILES string of the molecule is C[C@@H](NCc1ccc(O)cn1)c1ccc(F)cc1. The first kappa shape index (κ1) is 12.5. The number of aromatic hydroxyl groups is 1. The van der Waals surface area contributed by atoms with Gasteiger partial charge in [-0.05, 0) is 36.8 Å². The number of benzene rings is 1. The summed E-state index contributed by atoms with van der Waals surface area (Å²) in [6.45, 7) is 2.60. The van der Waals surface area contributed by atoms with Crippen molar-refractivity contribution in [1.29, 1.82) is 0 Å². The quantitative estimate of drug-likeness (QED) is 0.872. The molecule has 0 saturated carbocycles. The van der Waals surface area contributed by atoms with Crippen molar-refractivity contribution in [1.82, 2.24) is 10.3 Å². The molecule has 0 aliphatic carbocycles. The summed E-state index contributed by atoms with van der Waals surface area (Å²) in [5.74, 6) is -0.0727. The van der Waals surface area contributed by atoms with Crippen molar-refractivity contribution in [2.75, 3.05) is 0 Å². The Morgan fingerprint density at radius 3 is 2.56 bits per heavy atom. The van der Waals surface area contributed by atoms with E-state index in [9.17, 15) is 4.39 Å². The van der Waals surface area contributed by atoms with Crippen LogP contribution in [-0.4, -0.2) is 10.1 Å². The third kappa shape index (κ3) is 3.28. The van der Waals surface area contributed by atoms with Crippen LogP contribution >= 0.6 is 0 Å². The maximum atomic E-state index is 12.8. The number of nitrogens with one attached hydrogen (secondary N) is 1. The summed E-state index contributed by atoms with van der Waals surface area (Å²) in [5, 5.41) is 12.4. The van der Waals surface area contributed by atoms with E-state index in [1.807, 2.05) is 6.92 Å². The number of hydrogen-bond donors (Lipinski definition) is 2. The van der Waals surface area contributed by atoms with Crippen molar-refractivity contribution >= 4 is 0 Å². The van der Waals surface area contributed by atoms with Crippen molar-refractivity contribution in [3.63, 3.8) is 0 Å².